The Hall–Kier alpha value is -2.32. The van der Waals surface area contributed by atoms with Crippen LogP contribution in [0, 0.1) is 11.6 Å². The SMILES string of the molecule is CCS(=O)(=O)N(Cc1ccc(F)c(F)c1)c1sc2ccccc2c1C=O. The van der Waals surface area contributed by atoms with Crippen LogP contribution in [0.3, 0.4) is 0 Å². The van der Waals surface area contributed by atoms with Crippen molar-refractivity contribution in [3.63, 3.8) is 0 Å². The number of nitrogens with zero attached hydrogens (tertiary/aromatic N) is 1. The van der Waals surface area contributed by atoms with Gasteiger partial charge < -0.3 is 0 Å². The number of fused-ring (bicyclic) bond motifs is 1. The van der Waals surface area contributed by atoms with Gasteiger partial charge in [0.15, 0.2) is 17.9 Å². The third-order valence-corrected chi connectivity index (χ3v) is 7.01. The van der Waals surface area contributed by atoms with Gasteiger partial charge in [-0.25, -0.2) is 17.2 Å². The van der Waals surface area contributed by atoms with Crippen molar-refractivity contribution >= 4 is 42.7 Å². The van der Waals surface area contributed by atoms with E-state index in [9.17, 15) is 22.0 Å². The van der Waals surface area contributed by atoms with Crippen LogP contribution >= 0.6 is 11.3 Å². The molecule has 0 aliphatic heterocycles. The zero-order chi connectivity index (χ0) is 18.9. The van der Waals surface area contributed by atoms with Crippen LogP contribution in [0.4, 0.5) is 13.8 Å². The van der Waals surface area contributed by atoms with Gasteiger partial charge in [0.25, 0.3) is 0 Å². The van der Waals surface area contributed by atoms with Gasteiger partial charge >= 0.3 is 0 Å². The van der Waals surface area contributed by atoms with Crippen LogP contribution in [-0.2, 0) is 16.6 Å². The molecule has 0 saturated carbocycles. The highest BCUT2D eigenvalue weighted by atomic mass is 32.2. The van der Waals surface area contributed by atoms with Gasteiger partial charge in [-0.1, -0.05) is 24.3 Å². The molecular formula is C18H15F2NO3S2. The number of benzene rings is 2. The van der Waals surface area contributed by atoms with Crippen molar-refractivity contribution in [2.45, 2.75) is 13.5 Å². The molecule has 0 amide bonds. The molecule has 0 fully saturated rings. The lowest BCUT2D eigenvalue weighted by Gasteiger charge is -2.23. The van der Waals surface area contributed by atoms with Crippen molar-refractivity contribution in [2.75, 3.05) is 10.1 Å². The minimum Gasteiger partial charge on any atom is -0.298 e. The van der Waals surface area contributed by atoms with Crippen LogP contribution in [-0.4, -0.2) is 20.5 Å². The van der Waals surface area contributed by atoms with Crippen molar-refractivity contribution in [3.8, 4) is 0 Å². The minimum atomic E-state index is -3.75. The van der Waals surface area contributed by atoms with E-state index in [2.05, 4.69) is 0 Å². The minimum absolute atomic E-state index is 0.191. The van der Waals surface area contributed by atoms with Crippen molar-refractivity contribution in [1.29, 1.82) is 0 Å². The summed E-state index contributed by atoms with van der Waals surface area (Å²) in [4.78, 5) is 11.6. The summed E-state index contributed by atoms with van der Waals surface area (Å²) in [5, 5.41) is 0.928. The number of anilines is 1. The maximum atomic E-state index is 13.5. The maximum absolute atomic E-state index is 13.5. The van der Waals surface area contributed by atoms with Gasteiger partial charge in [-0.2, -0.15) is 0 Å². The van der Waals surface area contributed by atoms with Gasteiger partial charge in [-0.15, -0.1) is 11.3 Å². The summed E-state index contributed by atoms with van der Waals surface area (Å²) < 4.78 is 53.9. The summed E-state index contributed by atoms with van der Waals surface area (Å²) in [5.74, 6) is -2.25. The Morgan fingerprint density at radius 2 is 1.85 bits per heavy atom. The number of carbonyl (C=O) groups is 1. The first-order valence-corrected chi connectivity index (χ1v) is 10.2. The molecule has 4 nitrogen and oxygen atoms in total. The fourth-order valence-electron chi connectivity index (χ4n) is 2.61. The summed E-state index contributed by atoms with van der Waals surface area (Å²) in [6, 6.07) is 10.3. The smallest absolute Gasteiger partial charge is 0.235 e. The third-order valence-electron chi connectivity index (χ3n) is 3.97. The number of aldehydes is 1. The maximum Gasteiger partial charge on any atom is 0.235 e. The van der Waals surface area contributed by atoms with Gasteiger partial charge in [0.2, 0.25) is 10.0 Å². The molecule has 0 unspecified atom stereocenters. The number of hydrogen-bond donors (Lipinski definition) is 0. The Morgan fingerprint density at radius 3 is 2.50 bits per heavy atom. The molecule has 1 aromatic heterocycles. The van der Waals surface area contributed by atoms with E-state index < -0.39 is 21.7 Å². The van der Waals surface area contributed by atoms with Crippen LogP contribution in [0.25, 0.3) is 10.1 Å². The Kier molecular flexibility index (Phi) is 5.06. The highest BCUT2D eigenvalue weighted by Gasteiger charge is 2.27. The molecule has 0 radical (unpaired) electrons. The predicted molar refractivity (Wildman–Crippen MR) is 99.2 cm³/mol. The van der Waals surface area contributed by atoms with E-state index in [1.165, 1.54) is 24.3 Å². The summed E-state index contributed by atoms with van der Waals surface area (Å²) in [5.41, 5.74) is 0.556. The van der Waals surface area contributed by atoms with E-state index in [1.54, 1.807) is 24.3 Å². The lowest BCUT2D eigenvalue weighted by atomic mass is 10.2. The normalized spacial score (nSPS) is 11.7. The predicted octanol–water partition coefficient (Wildman–Crippen LogP) is 4.35. The number of halogens is 2. The van der Waals surface area contributed by atoms with Crippen LogP contribution in [0.1, 0.15) is 22.8 Å². The molecule has 0 bridgehead atoms. The number of sulfonamides is 1. The van der Waals surface area contributed by atoms with Crippen molar-refractivity contribution < 1.29 is 22.0 Å². The lowest BCUT2D eigenvalue weighted by Crippen LogP contribution is -2.32. The second kappa shape index (κ2) is 7.13. The van der Waals surface area contributed by atoms with E-state index in [0.717, 1.165) is 21.1 Å². The lowest BCUT2D eigenvalue weighted by molar-refractivity contribution is 0.112. The summed E-state index contributed by atoms with van der Waals surface area (Å²) >= 11 is 1.17. The molecule has 2 aromatic carbocycles. The fourth-order valence-corrected chi connectivity index (χ4v) is 5.15. The van der Waals surface area contributed by atoms with Crippen LogP contribution < -0.4 is 4.31 Å². The molecule has 0 atom stereocenters. The average Bonchev–Trinajstić information content (AvgIpc) is 3.00. The zero-order valence-corrected chi connectivity index (χ0v) is 15.4. The molecule has 0 N–H and O–H groups in total. The topological polar surface area (TPSA) is 54.5 Å². The van der Waals surface area contributed by atoms with E-state index in [1.807, 2.05) is 0 Å². The van der Waals surface area contributed by atoms with Gasteiger partial charge in [-0.05, 0) is 30.7 Å². The molecule has 3 rings (SSSR count). The first-order valence-electron chi connectivity index (χ1n) is 7.78. The molecule has 0 aliphatic carbocycles. The highest BCUT2D eigenvalue weighted by Crippen LogP contribution is 2.39. The van der Waals surface area contributed by atoms with E-state index in [4.69, 9.17) is 0 Å². The molecule has 3 aromatic rings. The van der Waals surface area contributed by atoms with Gasteiger partial charge in [0, 0.05) is 10.1 Å². The molecular weight excluding hydrogens is 380 g/mol. The summed E-state index contributed by atoms with van der Waals surface area (Å²) in [6.45, 7) is 1.29. The average molecular weight is 395 g/mol. The largest absolute Gasteiger partial charge is 0.298 e. The molecule has 26 heavy (non-hydrogen) atoms. The Morgan fingerprint density at radius 1 is 1.12 bits per heavy atom. The Bertz CT molecular complexity index is 1080. The van der Waals surface area contributed by atoms with Crippen molar-refractivity contribution in [1.82, 2.24) is 0 Å². The van der Waals surface area contributed by atoms with Crippen molar-refractivity contribution in [2.24, 2.45) is 0 Å². The van der Waals surface area contributed by atoms with Crippen LogP contribution in [0.5, 0.6) is 0 Å². The molecule has 1 heterocycles. The van der Waals surface area contributed by atoms with E-state index >= 15 is 0 Å². The zero-order valence-electron chi connectivity index (χ0n) is 13.8. The van der Waals surface area contributed by atoms with Crippen molar-refractivity contribution in [3.05, 3.63) is 65.2 Å². The number of hydrogen-bond acceptors (Lipinski definition) is 4. The summed E-state index contributed by atoms with van der Waals surface area (Å²) in [6.07, 6.45) is 0.623. The monoisotopic (exact) mass is 395 g/mol. The standard InChI is InChI=1S/C18H15F2NO3S2/c1-2-26(23,24)21(10-12-7-8-15(19)16(20)9-12)18-14(11-22)13-5-3-4-6-17(13)25-18/h3-9,11H,2,10H2,1H3. The molecule has 0 aliphatic rings. The molecule has 8 heteroatoms. The molecule has 136 valence electrons. The number of thiophene rings is 1. The summed E-state index contributed by atoms with van der Waals surface area (Å²) in [7, 11) is -3.75. The quantitative estimate of drug-likeness (QED) is 0.583. The second-order valence-corrected chi connectivity index (χ2v) is 8.80. The first kappa shape index (κ1) is 18.5. The second-order valence-electron chi connectivity index (χ2n) is 5.59. The van der Waals surface area contributed by atoms with Gasteiger partial charge in [0.05, 0.1) is 17.9 Å². The van der Waals surface area contributed by atoms with E-state index in [-0.39, 0.29) is 28.4 Å². The molecule has 0 spiro atoms. The van der Waals surface area contributed by atoms with E-state index in [0.29, 0.717) is 11.7 Å². The van der Waals surface area contributed by atoms with Crippen LogP contribution in [0.2, 0.25) is 0 Å². The number of carbonyl (C=O) groups excluding carboxylic acids is 1. The molecule has 0 saturated heterocycles. The highest BCUT2D eigenvalue weighted by molar-refractivity contribution is 7.92. The van der Waals surface area contributed by atoms with Gasteiger partial charge in [0.1, 0.15) is 5.00 Å². The first-order chi connectivity index (χ1) is 12.4. The van der Waals surface area contributed by atoms with Gasteiger partial charge in [-0.3, -0.25) is 9.10 Å². The Labute approximate surface area is 153 Å². The third kappa shape index (κ3) is 3.34. The Balaban J connectivity index is 2.16. The van der Waals surface area contributed by atoms with Crippen LogP contribution in [0.15, 0.2) is 42.5 Å². The fraction of sp³-hybridized carbons (Fsp3) is 0.167. The number of rotatable bonds is 6.